The molecular weight excluding hydrogens is 693 g/mol. The largest absolute Gasteiger partial charge is 0.756 e. The van der Waals surface area contributed by atoms with Gasteiger partial charge >= 0.3 is 11.9 Å². The van der Waals surface area contributed by atoms with Gasteiger partial charge in [-0.3, -0.25) is 14.2 Å². The lowest BCUT2D eigenvalue weighted by Gasteiger charge is -2.28. The molecule has 1 unspecified atom stereocenters. The summed E-state index contributed by atoms with van der Waals surface area (Å²) < 4.78 is 33.7. The van der Waals surface area contributed by atoms with Gasteiger partial charge in [0.05, 0.1) is 33.9 Å². The van der Waals surface area contributed by atoms with Crippen LogP contribution in [0.2, 0.25) is 0 Å². The smallest absolute Gasteiger partial charge is 0.306 e. The first-order valence-electron chi connectivity index (χ1n) is 20.0. The van der Waals surface area contributed by atoms with Crippen LogP contribution in [0, 0.1) is 0 Å². The number of phosphoric acid groups is 1. The highest BCUT2D eigenvalue weighted by atomic mass is 31.2. The van der Waals surface area contributed by atoms with Crippen LogP contribution in [0.1, 0.15) is 136 Å². The minimum absolute atomic E-state index is 0.0489. The monoisotopic (exact) mass is 768 g/mol. The lowest BCUT2D eigenvalue weighted by atomic mass is 10.1. The molecule has 0 aromatic carbocycles. The van der Waals surface area contributed by atoms with Crippen molar-refractivity contribution in [2.75, 3.05) is 47.5 Å². The third-order valence-corrected chi connectivity index (χ3v) is 8.99. The normalized spacial score (nSPS) is 14.9. The van der Waals surface area contributed by atoms with Crippen LogP contribution < -0.4 is 4.89 Å². The maximum Gasteiger partial charge on any atom is 0.306 e. The average Bonchev–Trinajstić information content (AvgIpc) is 3.08. The van der Waals surface area contributed by atoms with Gasteiger partial charge in [-0.15, -0.1) is 0 Å². The lowest BCUT2D eigenvalue weighted by molar-refractivity contribution is -0.870. The Bertz CT molecular complexity index is 1110. The number of allylic oxidation sites excluding steroid dienone is 10. The van der Waals surface area contributed by atoms with Crippen molar-refractivity contribution in [2.45, 2.75) is 148 Å². The van der Waals surface area contributed by atoms with E-state index in [9.17, 15) is 24.2 Å². The zero-order valence-corrected chi connectivity index (χ0v) is 34.7. The van der Waals surface area contributed by atoms with Crippen molar-refractivity contribution in [3.63, 3.8) is 0 Å². The van der Waals surface area contributed by atoms with Crippen molar-refractivity contribution >= 4 is 19.8 Å². The molecule has 0 aliphatic carbocycles. The first-order valence-corrected chi connectivity index (χ1v) is 21.5. The second-order valence-corrected chi connectivity index (χ2v) is 16.0. The molecule has 0 amide bonds. The highest BCUT2D eigenvalue weighted by Crippen LogP contribution is 2.38. The fourth-order valence-electron chi connectivity index (χ4n) is 4.82. The molecule has 0 saturated carbocycles. The molecule has 1 N–H and O–H groups in total. The Balaban J connectivity index is 4.50. The molecule has 0 aliphatic rings. The van der Waals surface area contributed by atoms with Crippen LogP contribution in [0.3, 0.4) is 0 Å². The summed E-state index contributed by atoms with van der Waals surface area (Å²) in [5.41, 5.74) is 0. The minimum Gasteiger partial charge on any atom is -0.756 e. The number of quaternary nitrogens is 1. The quantitative estimate of drug-likeness (QED) is 0.0220. The van der Waals surface area contributed by atoms with Crippen LogP contribution in [0.4, 0.5) is 0 Å². The average molecular weight is 768 g/mol. The van der Waals surface area contributed by atoms with E-state index in [1.54, 1.807) is 0 Å². The number of likely N-dealkylation sites (N-methyl/N-ethyl adjacent to an activating group) is 1. The molecule has 306 valence electrons. The van der Waals surface area contributed by atoms with Gasteiger partial charge in [-0.05, 0) is 84.0 Å². The van der Waals surface area contributed by atoms with E-state index in [0.29, 0.717) is 30.3 Å². The maximum atomic E-state index is 12.6. The Kier molecular flexibility index (Phi) is 32.7. The summed E-state index contributed by atoms with van der Waals surface area (Å²) in [4.78, 5) is 37.3. The number of carbonyl (C=O) groups is 2. The van der Waals surface area contributed by atoms with Crippen molar-refractivity contribution in [1.29, 1.82) is 0 Å². The van der Waals surface area contributed by atoms with Crippen LogP contribution in [0.15, 0.2) is 60.8 Å². The summed E-state index contributed by atoms with van der Waals surface area (Å²) in [6.45, 7) is 3.62. The number of unbranched alkanes of at least 4 members (excludes halogenated alkanes) is 9. The van der Waals surface area contributed by atoms with Crippen molar-refractivity contribution in [3.05, 3.63) is 60.8 Å². The predicted molar refractivity (Wildman–Crippen MR) is 214 cm³/mol. The van der Waals surface area contributed by atoms with Crippen molar-refractivity contribution in [3.8, 4) is 0 Å². The fourth-order valence-corrected chi connectivity index (χ4v) is 5.55. The third kappa shape index (κ3) is 39.2. The van der Waals surface area contributed by atoms with E-state index >= 15 is 0 Å². The molecule has 0 heterocycles. The number of esters is 2. The van der Waals surface area contributed by atoms with E-state index < -0.39 is 32.5 Å². The standard InChI is InChI=1S/C42H74NO9P/c1-6-7-8-9-10-11-17-22-25-28-31-34-42(46)52-40(38-51-53(47,48)50-36-35-43(3,4)5)37-49-41(45)33-30-27-24-21-19-16-14-12-13-15-18-20-23-26-29-32-39(2)44/h9-10,13-16,20-21,23-24,39-40,44H,6-8,11-12,17-19,22,25-38H2,1-5H3/b10-9-,15-13-,16-14-,23-20-,24-21-/t39-,40-/m1/s1. The topological polar surface area (TPSA) is 131 Å². The van der Waals surface area contributed by atoms with E-state index in [2.05, 4.69) is 61.6 Å². The van der Waals surface area contributed by atoms with E-state index in [1.807, 2.05) is 34.1 Å². The molecule has 0 radical (unpaired) electrons. The molecule has 10 nitrogen and oxygen atoms in total. The summed E-state index contributed by atoms with van der Waals surface area (Å²) in [5, 5.41) is 9.26. The Hall–Kier alpha value is -2.33. The summed E-state index contributed by atoms with van der Waals surface area (Å²) in [7, 11) is 1.10. The summed E-state index contributed by atoms with van der Waals surface area (Å²) >= 11 is 0. The van der Waals surface area contributed by atoms with Gasteiger partial charge in [0, 0.05) is 12.8 Å². The van der Waals surface area contributed by atoms with E-state index in [4.69, 9.17) is 18.5 Å². The molecule has 0 aliphatic heterocycles. The first-order chi connectivity index (χ1) is 25.3. The van der Waals surface area contributed by atoms with Gasteiger partial charge in [-0.25, -0.2) is 0 Å². The van der Waals surface area contributed by atoms with Gasteiger partial charge < -0.3 is 33.0 Å². The van der Waals surface area contributed by atoms with Gasteiger partial charge in [0.25, 0.3) is 7.82 Å². The SMILES string of the molecule is CCCC/C=C\CCCCCCCC(=O)O[C@H](COC(=O)CCC/C=C\C/C=C\C/C=C\C/C=C\CCC[C@@H](C)O)COP(=O)([O-])OCC[N+](C)(C)C. The number of ether oxygens (including phenoxy) is 2. The summed E-state index contributed by atoms with van der Waals surface area (Å²) in [6.07, 6.45) is 36.8. The molecule has 0 rings (SSSR count). The summed E-state index contributed by atoms with van der Waals surface area (Å²) in [5.74, 6) is -0.936. The van der Waals surface area contributed by atoms with Crippen molar-refractivity contribution < 1.29 is 47.2 Å². The number of phosphoric ester groups is 1. The first kappa shape index (κ1) is 50.7. The number of carbonyl (C=O) groups excluding carboxylic acids is 2. The minimum atomic E-state index is -4.64. The molecule has 0 fully saturated rings. The van der Waals surface area contributed by atoms with E-state index in [-0.39, 0.29) is 32.2 Å². The van der Waals surface area contributed by atoms with Gasteiger partial charge in [-0.2, -0.15) is 0 Å². The fraction of sp³-hybridized carbons (Fsp3) is 0.714. The van der Waals surface area contributed by atoms with Gasteiger partial charge in [0.1, 0.15) is 19.8 Å². The Morgan fingerprint density at radius 3 is 1.79 bits per heavy atom. The van der Waals surface area contributed by atoms with Crippen LogP contribution >= 0.6 is 7.82 Å². The predicted octanol–water partition coefficient (Wildman–Crippen LogP) is 9.24. The Morgan fingerprint density at radius 1 is 0.679 bits per heavy atom. The third-order valence-electron chi connectivity index (χ3n) is 8.03. The molecule has 0 spiro atoms. The van der Waals surface area contributed by atoms with Crippen LogP contribution in [0.25, 0.3) is 0 Å². The lowest BCUT2D eigenvalue weighted by Crippen LogP contribution is -2.37. The highest BCUT2D eigenvalue weighted by molar-refractivity contribution is 7.45. The Morgan fingerprint density at radius 2 is 1.19 bits per heavy atom. The molecule has 3 atom stereocenters. The van der Waals surface area contributed by atoms with Crippen molar-refractivity contribution in [2.24, 2.45) is 0 Å². The van der Waals surface area contributed by atoms with E-state index in [1.165, 1.54) is 12.8 Å². The second kappa shape index (κ2) is 34.2. The molecule has 0 saturated heterocycles. The maximum absolute atomic E-state index is 12.6. The molecule has 11 heteroatoms. The van der Waals surface area contributed by atoms with Crippen LogP contribution in [0.5, 0.6) is 0 Å². The molecular formula is C42H74NO9P. The molecule has 0 aromatic heterocycles. The van der Waals surface area contributed by atoms with Gasteiger partial charge in [-0.1, -0.05) is 99.8 Å². The number of aliphatic hydroxyl groups is 1. The molecule has 0 aromatic rings. The van der Waals surface area contributed by atoms with Gasteiger partial charge in [0.2, 0.25) is 0 Å². The number of aliphatic hydroxyl groups excluding tert-OH is 1. The van der Waals surface area contributed by atoms with Crippen molar-refractivity contribution in [1.82, 2.24) is 0 Å². The second-order valence-electron chi connectivity index (χ2n) is 14.6. The Labute approximate surface area is 322 Å². The van der Waals surface area contributed by atoms with Gasteiger partial charge in [0.15, 0.2) is 6.10 Å². The number of hydrogen-bond acceptors (Lipinski definition) is 9. The number of rotatable bonds is 35. The van der Waals surface area contributed by atoms with Crippen LogP contribution in [-0.4, -0.2) is 81.2 Å². The zero-order chi connectivity index (χ0) is 39.5. The van der Waals surface area contributed by atoms with Crippen LogP contribution in [-0.2, 0) is 32.7 Å². The number of nitrogens with zero attached hydrogens (tertiary/aromatic N) is 1. The molecule has 0 bridgehead atoms. The summed E-state index contributed by atoms with van der Waals surface area (Å²) in [6, 6.07) is 0. The van der Waals surface area contributed by atoms with E-state index in [0.717, 1.165) is 77.0 Å². The number of hydrogen-bond donors (Lipinski definition) is 1. The zero-order valence-electron chi connectivity index (χ0n) is 33.8. The molecule has 53 heavy (non-hydrogen) atoms. The highest BCUT2D eigenvalue weighted by Gasteiger charge is 2.21.